The summed E-state index contributed by atoms with van der Waals surface area (Å²) in [6.45, 7) is 2.42. The molecule has 1 aromatic rings. The number of rotatable bonds is 3. The normalized spacial score (nSPS) is 18.2. The average Bonchev–Trinajstić information content (AvgIpc) is 2.80. The zero-order valence-electron chi connectivity index (χ0n) is 10.6. The van der Waals surface area contributed by atoms with Gasteiger partial charge in [-0.1, -0.05) is 0 Å². The molecule has 0 bridgehead atoms. The van der Waals surface area contributed by atoms with Crippen molar-refractivity contribution < 1.29 is 14.3 Å². The van der Waals surface area contributed by atoms with Gasteiger partial charge in [0.1, 0.15) is 0 Å². The van der Waals surface area contributed by atoms with Crippen LogP contribution in [0.1, 0.15) is 23.7 Å². The third-order valence-electron chi connectivity index (χ3n) is 2.95. The number of hydrogen-bond acceptors (Lipinski definition) is 4. The highest BCUT2D eigenvalue weighted by Gasteiger charge is 2.32. The van der Waals surface area contributed by atoms with Crippen molar-refractivity contribution in [2.75, 3.05) is 18.1 Å². The number of pyridine rings is 1. The number of anilines is 1. The van der Waals surface area contributed by atoms with Crippen LogP contribution in [0.3, 0.4) is 0 Å². The molecule has 1 aromatic heterocycles. The lowest BCUT2D eigenvalue weighted by Gasteiger charge is -2.18. The fourth-order valence-electron chi connectivity index (χ4n) is 2.03. The maximum atomic E-state index is 11.9. The van der Waals surface area contributed by atoms with E-state index in [0.717, 1.165) is 0 Å². The first-order valence-corrected chi connectivity index (χ1v) is 6.05. The van der Waals surface area contributed by atoms with Crippen molar-refractivity contribution in [3.8, 4) is 12.3 Å². The van der Waals surface area contributed by atoms with Gasteiger partial charge in [0.15, 0.2) is 0 Å². The summed E-state index contributed by atoms with van der Waals surface area (Å²) < 4.78 is 4.97. The summed E-state index contributed by atoms with van der Waals surface area (Å²) in [5, 5.41) is 0. The first-order valence-electron chi connectivity index (χ1n) is 6.05. The third-order valence-corrected chi connectivity index (χ3v) is 2.95. The third kappa shape index (κ3) is 2.58. The van der Waals surface area contributed by atoms with Crippen LogP contribution in [0.15, 0.2) is 18.5 Å². The Morgan fingerprint density at radius 2 is 2.47 bits per heavy atom. The lowest BCUT2D eigenvalue weighted by molar-refractivity contribution is -0.117. The van der Waals surface area contributed by atoms with Crippen LogP contribution in [0.5, 0.6) is 0 Å². The summed E-state index contributed by atoms with van der Waals surface area (Å²) in [5.74, 6) is 1.89. The lowest BCUT2D eigenvalue weighted by atomic mass is 10.1. The Bertz CT molecular complexity index is 548. The summed E-state index contributed by atoms with van der Waals surface area (Å²) in [6, 6.07) is 1.55. The minimum atomic E-state index is -0.461. The lowest BCUT2D eigenvalue weighted by Crippen LogP contribution is -2.27. The van der Waals surface area contributed by atoms with Crippen LogP contribution in [-0.2, 0) is 9.53 Å². The highest BCUT2D eigenvalue weighted by molar-refractivity contribution is 6.03. The van der Waals surface area contributed by atoms with Crippen LogP contribution in [-0.4, -0.2) is 30.0 Å². The number of nitrogens with zero attached hydrogens (tertiary/aromatic N) is 2. The molecule has 1 aliphatic heterocycles. The molecule has 0 saturated carbocycles. The van der Waals surface area contributed by atoms with Gasteiger partial charge < -0.3 is 9.64 Å². The number of aromatic nitrogens is 1. The molecule has 98 valence electrons. The Morgan fingerprint density at radius 3 is 3.11 bits per heavy atom. The molecular formula is C14H14N2O3. The number of esters is 1. The summed E-state index contributed by atoms with van der Waals surface area (Å²) in [7, 11) is 0. The number of amides is 1. The van der Waals surface area contributed by atoms with Crippen molar-refractivity contribution in [1.82, 2.24) is 4.98 Å². The van der Waals surface area contributed by atoms with E-state index in [-0.39, 0.29) is 18.4 Å². The van der Waals surface area contributed by atoms with Crippen molar-refractivity contribution in [2.45, 2.75) is 13.3 Å². The standard InChI is InChI=1S/C14H14N2O3/c1-3-10-7-13(17)16(9-10)12-8-15-6-5-11(12)14(18)19-4-2/h1,5-6,8,10H,4,7,9H2,2H3. The monoisotopic (exact) mass is 258 g/mol. The van der Waals surface area contributed by atoms with Gasteiger partial charge in [-0.05, 0) is 13.0 Å². The van der Waals surface area contributed by atoms with E-state index < -0.39 is 5.97 Å². The molecule has 1 amide bonds. The summed E-state index contributed by atoms with van der Waals surface area (Å²) >= 11 is 0. The van der Waals surface area contributed by atoms with Crippen molar-refractivity contribution in [3.05, 3.63) is 24.0 Å². The first kappa shape index (κ1) is 13.1. The maximum Gasteiger partial charge on any atom is 0.340 e. The topological polar surface area (TPSA) is 59.5 Å². The van der Waals surface area contributed by atoms with Crippen molar-refractivity contribution in [2.24, 2.45) is 5.92 Å². The van der Waals surface area contributed by atoms with Crippen LogP contribution >= 0.6 is 0 Å². The smallest absolute Gasteiger partial charge is 0.340 e. The number of hydrogen-bond donors (Lipinski definition) is 0. The molecule has 2 rings (SSSR count). The SMILES string of the molecule is C#CC1CC(=O)N(c2cnccc2C(=O)OCC)C1. The zero-order chi connectivity index (χ0) is 13.8. The van der Waals surface area contributed by atoms with Crippen LogP contribution in [0.2, 0.25) is 0 Å². The quantitative estimate of drug-likeness (QED) is 0.604. The highest BCUT2D eigenvalue weighted by Crippen LogP contribution is 2.27. The molecule has 2 heterocycles. The van der Waals surface area contributed by atoms with Gasteiger partial charge in [-0.2, -0.15) is 0 Å². The second-order valence-electron chi connectivity index (χ2n) is 4.19. The summed E-state index contributed by atoms with van der Waals surface area (Å²) in [4.78, 5) is 29.2. The molecular weight excluding hydrogens is 244 g/mol. The van der Waals surface area contributed by atoms with Crippen molar-refractivity contribution in [1.29, 1.82) is 0 Å². The van der Waals surface area contributed by atoms with E-state index in [0.29, 0.717) is 24.2 Å². The molecule has 0 spiro atoms. The minimum Gasteiger partial charge on any atom is -0.462 e. The number of terminal acetylenes is 1. The molecule has 1 aliphatic rings. The summed E-state index contributed by atoms with van der Waals surface area (Å²) in [5.41, 5.74) is 0.798. The highest BCUT2D eigenvalue weighted by atomic mass is 16.5. The molecule has 19 heavy (non-hydrogen) atoms. The molecule has 1 unspecified atom stereocenters. The molecule has 0 aromatic carbocycles. The largest absolute Gasteiger partial charge is 0.462 e. The molecule has 5 heteroatoms. The van der Waals surface area contributed by atoms with Gasteiger partial charge in [-0.25, -0.2) is 4.79 Å². The minimum absolute atomic E-state index is 0.0958. The molecule has 5 nitrogen and oxygen atoms in total. The van der Waals surface area contributed by atoms with Gasteiger partial charge in [-0.3, -0.25) is 9.78 Å². The Kier molecular flexibility index (Phi) is 3.81. The van der Waals surface area contributed by atoms with Crippen LogP contribution in [0, 0.1) is 18.3 Å². The molecule has 0 radical (unpaired) electrons. The predicted molar refractivity (Wildman–Crippen MR) is 69.5 cm³/mol. The number of carbonyl (C=O) groups is 2. The molecule has 0 aliphatic carbocycles. The van der Waals surface area contributed by atoms with Crippen LogP contribution < -0.4 is 4.90 Å². The van der Waals surface area contributed by atoms with E-state index in [2.05, 4.69) is 10.9 Å². The Balaban J connectivity index is 2.33. The van der Waals surface area contributed by atoms with Gasteiger partial charge in [0.2, 0.25) is 5.91 Å². The Labute approximate surface area is 111 Å². The Morgan fingerprint density at radius 1 is 1.68 bits per heavy atom. The Hall–Kier alpha value is -2.35. The van der Waals surface area contributed by atoms with Crippen LogP contribution in [0.4, 0.5) is 5.69 Å². The van der Waals surface area contributed by atoms with Gasteiger partial charge in [0, 0.05) is 25.1 Å². The van der Waals surface area contributed by atoms with Crippen molar-refractivity contribution in [3.63, 3.8) is 0 Å². The van der Waals surface area contributed by atoms with E-state index in [1.54, 1.807) is 13.0 Å². The number of carbonyl (C=O) groups excluding carboxylic acids is 2. The fraction of sp³-hybridized carbons (Fsp3) is 0.357. The van der Waals surface area contributed by atoms with Crippen molar-refractivity contribution >= 4 is 17.6 Å². The van der Waals surface area contributed by atoms with E-state index in [4.69, 9.17) is 11.2 Å². The molecule has 0 N–H and O–H groups in total. The summed E-state index contributed by atoms with van der Waals surface area (Å²) in [6.07, 6.45) is 8.63. The second-order valence-corrected chi connectivity index (χ2v) is 4.19. The van der Waals surface area contributed by atoms with Gasteiger partial charge in [-0.15, -0.1) is 12.3 Å². The van der Waals surface area contributed by atoms with Gasteiger partial charge >= 0.3 is 5.97 Å². The van der Waals surface area contributed by atoms with E-state index in [1.807, 2.05) is 0 Å². The maximum absolute atomic E-state index is 11.9. The molecule has 1 atom stereocenters. The fourth-order valence-corrected chi connectivity index (χ4v) is 2.03. The molecule has 1 saturated heterocycles. The number of ether oxygens (including phenoxy) is 1. The van der Waals surface area contributed by atoms with E-state index >= 15 is 0 Å². The average molecular weight is 258 g/mol. The van der Waals surface area contributed by atoms with E-state index in [9.17, 15) is 9.59 Å². The van der Waals surface area contributed by atoms with Gasteiger partial charge in [0.05, 0.1) is 24.1 Å². The first-order chi connectivity index (χ1) is 9.17. The van der Waals surface area contributed by atoms with Gasteiger partial charge in [0.25, 0.3) is 0 Å². The van der Waals surface area contributed by atoms with E-state index in [1.165, 1.54) is 17.3 Å². The molecule has 1 fully saturated rings. The predicted octanol–water partition coefficient (Wildman–Crippen LogP) is 1.24. The second kappa shape index (κ2) is 5.53. The van der Waals surface area contributed by atoms with Crippen LogP contribution in [0.25, 0.3) is 0 Å². The zero-order valence-corrected chi connectivity index (χ0v) is 10.6.